The smallest absolute Gasteiger partial charge is 0.255 e. The van der Waals surface area contributed by atoms with Crippen molar-refractivity contribution in [1.82, 2.24) is 19.9 Å². The van der Waals surface area contributed by atoms with Crippen molar-refractivity contribution in [3.8, 4) is 0 Å². The third-order valence-electron chi connectivity index (χ3n) is 3.51. The van der Waals surface area contributed by atoms with Crippen molar-refractivity contribution >= 4 is 5.82 Å². The number of nitrogens with zero attached hydrogens (tertiary/aromatic N) is 4. The molecule has 6 heteroatoms. The Bertz CT molecular complexity index is 679. The van der Waals surface area contributed by atoms with Crippen LogP contribution in [0.4, 0.5) is 5.82 Å². The van der Waals surface area contributed by atoms with Crippen molar-refractivity contribution < 1.29 is 0 Å². The molecule has 0 atom stereocenters. The highest BCUT2D eigenvalue weighted by atomic mass is 16.1. The van der Waals surface area contributed by atoms with Gasteiger partial charge >= 0.3 is 0 Å². The SMILES string of the molecule is CC(C)c1nccc(N2CCc3nc[nH]c(=O)c3C2)n1. The largest absolute Gasteiger partial charge is 0.352 e. The van der Waals surface area contributed by atoms with E-state index in [1.807, 2.05) is 6.07 Å². The van der Waals surface area contributed by atoms with E-state index in [0.717, 1.165) is 35.9 Å². The monoisotopic (exact) mass is 271 g/mol. The molecule has 0 amide bonds. The lowest BCUT2D eigenvalue weighted by molar-refractivity contribution is 0.678. The van der Waals surface area contributed by atoms with Crippen LogP contribution in [0, 0.1) is 0 Å². The molecule has 1 aliphatic rings. The molecule has 0 saturated heterocycles. The standard InChI is InChI=1S/C14H17N5O/c1-9(2)13-15-5-3-12(18-13)19-6-4-11-10(7-19)14(20)17-8-16-11/h3,5,8-9H,4,6-7H2,1-2H3,(H,16,17,20). The van der Waals surface area contributed by atoms with E-state index in [1.165, 1.54) is 6.33 Å². The molecule has 1 N–H and O–H groups in total. The molecule has 2 aromatic heterocycles. The lowest BCUT2D eigenvalue weighted by atomic mass is 10.1. The number of hydrogen-bond acceptors (Lipinski definition) is 5. The fraction of sp³-hybridized carbons (Fsp3) is 0.429. The molecule has 0 saturated carbocycles. The summed E-state index contributed by atoms with van der Waals surface area (Å²) in [6, 6.07) is 1.89. The molecule has 0 radical (unpaired) electrons. The first kappa shape index (κ1) is 12.8. The van der Waals surface area contributed by atoms with Crippen LogP contribution < -0.4 is 10.5 Å². The van der Waals surface area contributed by atoms with Gasteiger partial charge in [0.25, 0.3) is 5.56 Å². The van der Waals surface area contributed by atoms with Crippen LogP contribution in [-0.4, -0.2) is 26.5 Å². The quantitative estimate of drug-likeness (QED) is 0.889. The van der Waals surface area contributed by atoms with Crippen LogP contribution in [0.5, 0.6) is 0 Å². The van der Waals surface area contributed by atoms with Gasteiger partial charge in [0.2, 0.25) is 0 Å². The minimum Gasteiger partial charge on any atom is -0.352 e. The average molecular weight is 271 g/mol. The van der Waals surface area contributed by atoms with E-state index in [4.69, 9.17) is 0 Å². The molecule has 1 aliphatic heterocycles. The van der Waals surface area contributed by atoms with Gasteiger partial charge in [0.05, 0.1) is 24.1 Å². The highest BCUT2D eigenvalue weighted by Crippen LogP contribution is 2.20. The summed E-state index contributed by atoms with van der Waals surface area (Å²) in [5, 5.41) is 0. The zero-order valence-corrected chi connectivity index (χ0v) is 11.6. The Balaban J connectivity index is 1.92. The average Bonchev–Trinajstić information content (AvgIpc) is 2.47. The van der Waals surface area contributed by atoms with Crippen LogP contribution in [0.25, 0.3) is 0 Å². The van der Waals surface area contributed by atoms with Crippen LogP contribution in [-0.2, 0) is 13.0 Å². The van der Waals surface area contributed by atoms with Gasteiger partial charge in [-0.25, -0.2) is 15.0 Å². The molecule has 104 valence electrons. The van der Waals surface area contributed by atoms with E-state index in [0.29, 0.717) is 6.54 Å². The number of fused-ring (bicyclic) bond motifs is 1. The Morgan fingerprint density at radius 1 is 1.35 bits per heavy atom. The number of rotatable bonds is 2. The summed E-state index contributed by atoms with van der Waals surface area (Å²) < 4.78 is 0. The van der Waals surface area contributed by atoms with Crippen molar-refractivity contribution in [1.29, 1.82) is 0 Å². The van der Waals surface area contributed by atoms with Gasteiger partial charge in [0.15, 0.2) is 0 Å². The molecule has 0 spiro atoms. The number of H-pyrrole nitrogens is 1. The van der Waals surface area contributed by atoms with E-state index in [9.17, 15) is 4.79 Å². The Labute approximate surface area is 116 Å². The van der Waals surface area contributed by atoms with Crippen molar-refractivity contribution in [2.75, 3.05) is 11.4 Å². The van der Waals surface area contributed by atoms with Gasteiger partial charge in [-0.2, -0.15) is 0 Å². The molecular weight excluding hydrogens is 254 g/mol. The fourth-order valence-electron chi connectivity index (χ4n) is 2.37. The molecule has 0 fully saturated rings. The summed E-state index contributed by atoms with van der Waals surface area (Å²) >= 11 is 0. The molecule has 3 rings (SSSR count). The van der Waals surface area contributed by atoms with Gasteiger partial charge in [-0.05, 0) is 6.07 Å². The Morgan fingerprint density at radius 2 is 2.20 bits per heavy atom. The van der Waals surface area contributed by atoms with Crippen molar-refractivity contribution in [2.24, 2.45) is 0 Å². The van der Waals surface area contributed by atoms with Crippen molar-refractivity contribution in [3.63, 3.8) is 0 Å². The second-order valence-electron chi connectivity index (χ2n) is 5.26. The summed E-state index contributed by atoms with van der Waals surface area (Å²) in [7, 11) is 0. The predicted octanol–water partition coefficient (Wildman–Crippen LogP) is 1.25. The van der Waals surface area contributed by atoms with Gasteiger partial charge < -0.3 is 9.88 Å². The Hall–Kier alpha value is -2.24. The molecular formula is C14H17N5O. The summed E-state index contributed by atoms with van der Waals surface area (Å²) in [6.45, 7) is 5.50. The molecule has 0 aliphatic carbocycles. The Morgan fingerprint density at radius 3 is 3.00 bits per heavy atom. The molecule has 0 bridgehead atoms. The topological polar surface area (TPSA) is 74.8 Å². The van der Waals surface area contributed by atoms with Gasteiger partial charge in [-0.1, -0.05) is 13.8 Å². The normalized spacial score (nSPS) is 14.4. The maximum atomic E-state index is 11.9. The van der Waals surface area contributed by atoms with Crippen LogP contribution in [0.3, 0.4) is 0 Å². The van der Waals surface area contributed by atoms with E-state index < -0.39 is 0 Å². The number of hydrogen-bond donors (Lipinski definition) is 1. The van der Waals surface area contributed by atoms with E-state index in [-0.39, 0.29) is 11.5 Å². The van der Waals surface area contributed by atoms with E-state index in [1.54, 1.807) is 6.20 Å². The highest BCUT2D eigenvalue weighted by molar-refractivity contribution is 5.41. The number of anilines is 1. The van der Waals surface area contributed by atoms with Gasteiger partial charge in [-0.3, -0.25) is 4.79 Å². The third-order valence-corrected chi connectivity index (χ3v) is 3.51. The van der Waals surface area contributed by atoms with Crippen LogP contribution >= 0.6 is 0 Å². The lowest BCUT2D eigenvalue weighted by Crippen LogP contribution is -2.36. The minimum absolute atomic E-state index is 0.0576. The van der Waals surface area contributed by atoms with Crippen LogP contribution in [0.15, 0.2) is 23.4 Å². The first-order valence-corrected chi connectivity index (χ1v) is 6.78. The summed E-state index contributed by atoms with van der Waals surface area (Å²) in [6.07, 6.45) is 4.01. The van der Waals surface area contributed by atoms with Gasteiger partial charge in [0.1, 0.15) is 11.6 Å². The van der Waals surface area contributed by atoms with Crippen LogP contribution in [0.1, 0.15) is 36.8 Å². The van der Waals surface area contributed by atoms with Crippen molar-refractivity contribution in [3.05, 3.63) is 46.0 Å². The molecule has 3 heterocycles. The number of aromatic amines is 1. The summed E-state index contributed by atoms with van der Waals surface area (Å²) in [5.74, 6) is 1.99. The van der Waals surface area contributed by atoms with E-state index >= 15 is 0 Å². The molecule has 2 aromatic rings. The Kier molecular flexibility index (Phi) is 3.22. The van der Waals surface area contributed by atoms with Crippen LogP contribution in [0.2, 0.25) is 0 Å². The first-order chi connectivity index (χ1) is 9.65. The van der Waals surface area contributed by atoms with Gasteiger partial charge in [0, 0.05) is 25.1 Å². The van der Waals surface area contributed by atoms with Gasteiger partial charge in [-0.15, -0.1) is 0 Å². The van der Waals surface area contributed by atoms with Crippen molar-refractivity contribution in [2.45, 2.75) is 32.7 Å². The number of nitrogens with one attached hydrogen (secondary N) is 1. The lowest BCUT2D eigenvalue weighted by Gasteiger charge is -2.28. The second-order valence-corrected chi connectivity index (χ2v) is 5.26. The fourth-order valence-corrected chi connectivity index (χ4v) is 2.37. The first-order valence-electron chi connectivity index (χ1n) is 6.78. The molecule has 20 heavy (non-hydrogen) atoms. The maximum Gasteiger partial charge on any atom is 0.255 e. The predicted molar refractivity (Wildman–Crippen MR) is 75.7 cm³/mol. The molecule has 6 nitrogen and oxygen atoms in total. The highest BCUT2D eigenvalue weighted by Gasteiger charge is 2.21. The molecule has 0 aromatic carbocycles. The molecule has 0 unspecified atom stereocenters. The zero-order valence-electron chi connectivity index (χ0n) is 11.6. The third kappa shape index (κ3) is 2.29. The summed E-state index contributed by atoms with van der Waals surface area (Å²) in [5.41, 5.74) is 1.57. The zero-order chi connectivity index (χ0) is 14.1. The minimum atomic E-state index is -0.0576. The summed E-state index contributed by atoms with van der Waals surface area (Å²) in [4.78, 5) is 29.7. The second kappa shape index (κ2) is 5.03. The maximum absolute atomic E-state index is 11.9. The van der Waals surface area contributed by atoms with E-state index in [2.05, 4.69) is 38.7 Å². The number of aromatic nitrogens is 4.